The zero-order valence-electron chi connectivity index (χ0n) is 8.36. The molecule has 0 N–H and O–H groups in total. The topological polar surface area (TPSA) is 0 Å². The molecule has 1 saturated heterocycles. The molecule has 1 aromatic rings. The van der Waals surface area contributed by atoms with E-state index in [1.807, 2.05) is 41.7 Å². The zero-order valence-corrected chi connectivity index (χ0v) is 10.7. The molecular formula is C12H13ClS2. The molecule has 0 nitrogen and oxygen atoms in total. The number of benzene rings is 1. The average molecular weight is 257 g/mol. The highest BCUT2D eigenvalue weighted by Gasteiger charge is 2.12. The van der Waals surface area contributed by atoms with Crippen LogP contribution in [0.4, 0.5) is 0 Å². The fourth-order valence-corrected chi connectivity index (χ4v) is 4.51. The lowest BCUT2D eigenvalue weighted by Crippen LogP contribution is -2.03. The average Bonchev–Trinajstić information content (AvgIpc) is 2.31. The van der Waals surface area contributed by atoms with Crippen molar-refractivity contribution in [1.82, 2.24) is 0 Å². The van der Waals surface area contributed by atoms with E-state index in [0.29, 0.717) is 4.58 Å². The predicted octanol–water partition coefficient (Wildman–Crippen LogP) is 4.46. The molecule has 0 aliphatic carbocycles. The van der Waals surface area contributed by atoms with Gasteiger partial charge in [0, 0.05) is 5.03 Å². The van der Waals surface area contributed by atoms with E-state index in [1.54, 1.807) is 0 Å². The van der Waals surface area contributed by atoms with Gasteiger partial charge in [0.1, 0.15) is 0 Å². The van der Waals surface area contributed by atoms with Crippen LogP contribution in [0.15, 0.2) is 36.4 Å². The van der Waals surface area contributed by atoms with Gasteiger partial charge in [-0.2, -0.15) is 0 Å². The Labute approximate surface area is 104 Å². The lowest BCUT2D eigenvalue weighted by molar-refractivity contribution is 1.11. The summed E-state index contributed by atoms with van der Waals surface area (Å²) in [5.74, 6) is 2.51. The number of hydrogen-bond donors (Lipinski definition) is 0. The summed E-state index contributed by atoms with van der Waals surface area (Å²) in [5.41, 5.74) is 1.12. The highest BCUT2D eigenvalue weighted by Crippen LogP contribution is 2.34. The van der Waals surface area contributed by atoms with Crippen LogP contribution in [0.5, 0.6) is 0 Å². The largest absolute Gasteiger partial charge is 0.143 e. The first-order valence-electron chi connectivity index (χ1n) is 5.02. The van der Waals surface area contributed by atoms with Crippen LogP contribution in [-0.4, -0.2) is 16.1 Å². The molecule has 0 saturated carbocycles. The first-order valence-corrected chi connectivity index (χ1v) is 7.50. The summed E-state index contributed by atoms with van der Waals surface area (Å²) in [6.07, 6.45) is 3.49. The van der Waals surface area contributed by atoms with Crippen LogP contribution in [0.2, 0.25) is 0 Å². The summed E-state index contributed by atoms with van der Waals surface area (Å²) < 4.78 is 0.534. The minimum Gasteiger partial charge on any atom is -0.143 e. The van der Waals surface area contributed by atoms with Crippen molar-refractivity contribution in [1.29, 1.82) is 0 Å². The highest BCUT2D eigenvalue weighted by atomic mass is 35.5. The van der Waals surface area contributed by atoms with Gasteiger partial charge >= 0.3 is 0 Å². The molecule has 0 unspecified atom stereocenters. The number of hydrogen-bond acceptors (Lipinski definition) is 2. The third kappa shape index (κ3) is 3.47. The number of rotatable bonds is 2. The van der Waals surface area contributed by atoms with E-state index in [2.05, 4.69) is 18.2 Å². The maximum absolute atomic E-state index is 6.27. The summed E-state index contributed by atoms with van der Waals surface area (Å²) in [4.78, 5) is 0. The molecule has 0 aromatic heterocycles. The highest BCUT2D eigenvalue weighted by molar-refractivity contribution is 8.17. The second-order valence-corrected chi connectivity index (χ2v) is 6.55. The fourth-order valence-electron chi connectivity index (χ4n) is 1.42. The van der Waals surface area contributed by atoms with E-state index in [-0.39, 0.29) is 0 Å². The molecule has 15 heavy (non-hydrogen) atoms. The number of thioether (sulfide) groups is 2. The first-order chi connectivity index (χ1) is 7.36. The molecule has 0 bridgehead atoms. The third-order valence-electron chi connectivity index (χ3n) is 2.18. The molecule has 80 valence electrons. The minimum atomic E-state index is 0.534. The van der Waals surface area contributed by atoms with Crippen molar-refractivity contribution in [2.45, 2.75) is 11.0 Å². The van der Waals surface area contributed by atoms with E-state index in [0.717, 1.165) is 10.6 Å². The Hall–Kier alpha value is -0.0500. The molecule has 0 amide bonds. The van der Waals surface area contributed by atoms with Crippen LogP contribution in [0.25, 0.3) is 5.03 Å². The zero-order chi connectivity index (χ0) is 10.5. The molecule has 1 aliphatic heterocycles. The molecule has 1 heterocycles. The van der Waals surface area contributed by atoms with Crippen LogP contribution >= 0.6 is 35.1 Å². The van der Waals surface area contributed by atoms with Gasteiger partial charge in [0.2, 0.25) is 0 Å². The van der Waals surface area contributed by atoms with E-state index in [1.165, 1.54) is 17.9 Å². The lowest BCUT2D eigenvalue weighted by Gasteiger charge is -2.17. The Kier molecular flexibility index (Phi) is 4.48. The monoisotopic (exact) mass is 256 g/mol. The smallest absolute Gasteiger partial charge is 0.0699 e. The molecule has 1 fully saturated rings. The Morgan fingerprint density at radius 2 is 1.87 bits per heavy atom. The summed E-state index contributed by atoms with van der Waals surface area (Å²) in [6.45, 7) is 0. The van der Waals surface area contributed by atoms with Crippen LogP contribution in [0.1, 0.15) is 12.0 Å². The summed E-state index contributed by atoms with van der Waals surface area (Å²) in [5, 5.41) is 0.877. The van der Waals surface area contributed by atoms with Gasteiger partial charge in [-0.1, -0.05) is 41.9 Å². The van der Waals surface area contributed by atoms with Crippen LogP contribution in [-0.2, 0) is 0 Å². The van der Waals surface area contributed by atoms with Crippen LogP contribution < -0.4 is 0 Å². The second-order valence-electron chi connectivity index (χ2n) is 3.34. The standard InChI is InChI=1S/C12H13ClS2/c13-11(10-5-2-1-3-6-10)9-12-14-7-4-8-15-12/h1-3,5-6,9,12H,4,7-8H2/b11-9-. The molecule has 1 aliphatic rings. The molecule has 0 atom stereocenters. The molecular weight excluding hydrogens is 244 g/mol. The van der Waals surface area contributed by atoms with Crippen molar-refractivity contribution >= 4 is 40.2 Å². The van der Waals surface area contributed by atoms with Crippen molar-refractivity contribution in [2.24, 2.45) is 0 Å². The van der Waals surface area contributed by atoms with Crippen molar-refractivity contribution in [3.63, 3.8) is 0 Å². The maximum atomic E-state index is 6.27. The quantitative estimate of drug-likeness (QED) is 0.766. The first kappa shape index (κ1) is 11.4. The van der Waals surface area contributed by atoms with Gasteiger partial charge in [-0.3, -0.25) is 0 Å². The third-order valence-corrected chi connectivity index (χ3v) is 5.32. The summed E-state index contributed by atoms with van der Waals surface area (Å²) in [6, 6.07) is 10.2. The van der Waals surface area contributed by atoms with E-state index >= 15 is 0 Å². The van der Waals surface area contributed by atoms with Gasteiger partial charge in [-0.05, 0) is 29.6 Å². The van der Waals surface area contributed by atoms with E-state index in [4.69, 9.17) is 11.6 Å². The molecule has 0 spiro atoms. The van der Waals surface area contributed by atoms with Crippen molar-refractivity contribution in [3.05, 3.63) is 42.0 Å². The lowest BCUT2D eigenvalue weighted by atomic mass is 10.2. The normalized spacial score (nSPS) is 19.1. The SMILES string of the molecule is Cl/C(=C\C1SCCCS1)c1ccccc1. The maximum Gasteiger partial charge on any atom is 0.0699 e. The number of halogens is 1. The molecule has 0 radical (unpaired) electrons. The molecule has 3 heteroatoms. The van der Waals surface area contributed by atoms with E-state index in [9.17, 15) is 0 Å². The second kappa shape index (κ2) is 5.88. The molecule has 1 aromatic carbocycles. The summed E-state index contributed by atoms with van der Waals surface area (Å²) >= 11 is 10.3. The van der Waals surface area contributed by atoms with Gasteiger partial charge in [-0.25, -0.2) is 0 Å². The van der Waals surface area contributed by atoms with Crippen LogP contribution in [0, 0.1) is 0 Å². The van der Waals surface area contributed by atoms with Gasteiger partial charge in [0.15, 0.2) is 0 Å². The predicted molar refractivity (Wildman–Crippen MR) is 73.6 cm³/mol. The fraction of sp³-hybridized carbons (Fsp3) is 0.333. The van der Waals surface area contributed by atoms with Crippen molar-refractivity contribution < 1.29 is 0 Å². The van der Waals surface area contributed by atoms with Gasteiger partial charge in [-0.15, -0.1) is 23.5 Å². The molecule has 2 rings (SSSR count). The Morgan fingerprint density at radius 3 is 2.53 bits per heavy atom. The van der Waals surface area contributed by atoms with Gasteiger partial charge < -0.3 is 0 Å². The van der Waals surface area contributed by atoms with Crippen molar-refractivity contribution in [3.8, 4) is 0 Å². The Balaban J connectivity index is 2.06. The van der Waals surface area contributed by atoms with Gasteiger partial charge in [0.25, 0.3) is 0 Å². The Bertz CT molecular complexity index is 329. The van der Waals surface area contributed by atoms with E-state index < -0.39 is 0 Å². The minimum absolute atomic E-state index is 0.534. The summed E-state index contributed by atoms with van der Waals surface area (Å²) in [7, 11) is 0. The van der Waals surface area contributed by atoms with Gasteiger partial charge in [0.05, 0.1) is 4.58 Å². The van der Waals surface area contributed by atoms with Crippen LogP contribution in [0.3, 0.4) is 0 Å². The van der Waals surface area contributed by atoms with Crippen molar-refractivity contribution in [2.75, 3.05) is 11.5 Å². The Morgan fingerprint density at radius 1 is 1.20 bits per heavy atom.